The molecule has 0 radical (unpaired) electrons. The highest BCUT2D eigenvalue weighted by atomic mass is 14.0. The lowest BCUT2D eigenvalue weighted by molar-refractivity contribution is 1.14. The maximum absolute atomic E-state index is 3.21. The van der Waals surface area contributed by atoms with Crippen LogP contribution in [0.2, 0.25) is 0 Å². The molecule has 0 saturated carbocycles. The lowest BCUT2D eigenvalue weighted by atomic mass is 10.1. The van der Waals surface area contributed by atoms with Gasteiger partial charge < -0.3 is 0 Å². The first-order chi connectivity index (χ1) is 6.95. The smallest absolute Gasteiger partial charge is 0.0569 e. The molecule has 0 N–H and O–H groups in total. The summed E-state index contributed by atoms with van der Waals surface area (Å²) in [6.45, 7) is 0. The Kier molecular flexibility index (Phi) is 2.83. The highest BCUT2D eigenvalue weighted by Crippen LogP contribution is 2.06. The van der Waals surface area contributed by atoms with Gasteiger partial charge in [0.2, 0.25) is 0 Å². The van der Waals surface area contributed by atoms with Gasteiger partial charge >= 0.3 is 0 Å². The topological polar surface area (TPSA) is 0 Å². The zero-order valence-electron chi connectivity index (χ0n) is 7.98. The number of rotatable bonds is 1. The molecule has 68 valence electrons. The Labute approximate surface area is 85.0 Å². The van der Waals surface area contributed by atoms with Crippen molar-refractivity contribution in [1.82, 2.24) is 0 Å². The molecule has 1 aromatic carbocycles. The van der Waals surface area contributed by atoms with Gasteiger partial charge in [0.1, 0.15) is 0 Å². The van der Waals surface area contributed by atoms with E-state index in [0.29, 0.717) is 5.92 Å². The van der Waals surface area contributed by atoms with Gasteiger partial charge in [-0.05, 0) is 5.56 Å². The highest BCUT2D eigenvalue weighted by molar-refractivity contribution is 5.29. The molecular weight excluding hydrogens is 168 g/mol. The zero-order chi connectivity index (χ0) is 9.64. The summed E-state index contributed by atoms with van der Waals surface area (Å²) in [5.41, 5.74) is 1.28. The molecule has 0 fully saturated rings. The van der Waals surface area contributed by atoms with Gasteiger partial charge in [0, 0.05) is 6.42 Å². The van der Waals surface area contributed by atoms with Crippen LogP contribution in [0, 0.1) is 17.8 Å². The van der Waals surface area contributed by atoms with Crippen LogP contribution in [-0.4, -0.2) is 0 Å². The second-order valence-electron chi connectivity index (χ2n) is 3.28. The van der Waals surface area contributed by atoms with Gasteiger partial charge in [-0.2, -0.15) is 0 Å². The van der Waals surface area contributed by atoms with Crippen molar-refractivity contribution >= 4 is 0 Å². The fourth-order valence-electron chi connectivity index (χ4n) is 1.39. The monoisotopic (exact) mass is 180 g/mol. The predicted molar refractivity (Wildman–Crippen MR) is 59.7 cm³/mol. The summed E-state index contributed by atoms with van der Waals surface area (Å²) in [7, 11) is 0. The molecule has 0 aliphatic heterocycles. The Morgan fingerprint density at radius 1 is 1.00 bits per heavy atom. The van der Waals surface area contributed by atoms with Crippen LogP contribution < -0.4 is 0 Å². The van der Waals surface area contributed by atoms with E-state index in [1.165, 1.54) is 5.56 Å². The zero-order valence-corrected chi connectivity index (χ0v) is 7.98. The summed E-state index contributed by atoms with van der Waals surface area (Å²) < 4.78 is 0. The van der Waals surface area contributed by atoms with Gasteiger partial charge in [-0.3, -0.25) is 0 Å². The summed E-state index contributed by atoms with van der Waals surface area (Å²) in [5.74, 6) is 6.73. The number of benzene rings is 1. The predicted octanol–water partition coefficient (Wildman–Crippen LogP) is 2.97. The fourth-order valence-corrected chi connectivity index (χ4v) is 1.39. The molecule has 0 atom stereocenters. The van der Waals surface area contributed by atoms with Crippen molar-refractivity contribution in [3.8, 4) is 11.8 Å². The standard InChI is InChI=1S/C14H12/c1-2-7-13(8-3-1)11-6-12-14-9-4-5-10-14/h1-5,7-10,14H,11H2. The van der Waals surface area contributed by atoms with E-state index in [4.69, 9.17) is 0 Å². The van der Waals surface area contributed by atoms with E-state index in [1.807, 2.05) is 30.4 Å². The normalized spacial score (nSPS) is 14.0. The summed E-state index contributed by atoms with van der Waals surface area (Å²) in [4.78, 5) is 0. The van der Waals surface area contributed by atoms with Gasteiger partial charge in [-0.1, -0.05) is 66.5 Å². The molecule has 2 rings (SSSR count). The van der Waals surface area contributed by atoms with Crippen molar-refractivity contribution in [2.24, 2.45) is 5.92 Å². The lowest BCUT2D eigenvalue weighted by Crippen LogP contribution is -1.84. The van der Waals surface area contributed by atoms with Gasteiger partial charge in [0.15, 0.2) is 0 Å². The molecular formula is C14H12. The first kappa shape index (κ1) is 8.84. The van der Waals surface area contributed by atoms with Crippen LogP contribution in [0.1, 0.15) is 5.56 Å². The molecule has 0 heteroatoms. The average molecular weight is 180 g/mol. The molecule has 14 heavy (non-hydrogen) atoms. The van der Waals surface area contributed by atoms with Crippen molar-refractivity contribution in [2.45, 2.75) is 6.42 Å². The van der Waals surface area contributed by atoms with E-state index < -0.39 is 0 Å². The van der Waals surface area contributed by atoms with Crippen LogP contribution in [0.15, 0.2) is 54.6 Å². The van der Waals surface area contributed by atoms with Crippen LogP contribution >= 0.6 is 0 Å². The van der Waals surface area contributed by atoms with E-state index in [2.05, 4.69) is 36.1 Å². The minimum atomic E-state index is 0.332. The van der Waals surface area contributed by atoms with E-state index in [9.17, 15) is 0 Å². The Balaban J connectivity index is 1.94. The van der Waals surface area contributed by atoms with Crippen LogP contribution in [0.5, 0.6) is 0 Å². The fraction of sp³-hybridized carbons (Fsp3) is 0.143. The quantitative estimate of drug-likeness (QED) is 0.583. The molecule has 0 aromatic heterocycles. The van der Waals surface area contributed by atoms with Crippen LogP contribution in [0.25, 0.3) is 0 Å². The SMILES string of the molecule is C(#CC1C=CC=C1)Cc1ccccc1. The average Bonchev–Trinajstić information content (AvgIpc) is 2.72. The molecule has 0 amide bonds. The number of allylic oxidation sites excluding steroid dienone is 4. The molecule has 0 nitrogen and oxygen atoms in total. The van der Waals surface area contributed by atoms with E-state index in [1.54, 1.807) is 0 Å². The minimum absolute atomic E-state index is 0.332. The van der Waals surface area contributed by atoms with Crippen LogP contribution in [0.3, 0.4) is 0 Å². The Morgan fingerprint density at radius 2 is 1.71 bits per heavy atom. The van der Waals surface area contributed by atoms with Crippen LogP contribution in [0.4, 0.5) is 0 Å². The van der Waals surface area contributed by atoms with Crippen molar-refractivity contribution in [3.05, 3.63) is 60.2 Å². The first-order valence-electron chi connectivity index (χ1n) is 4.82. The van der Waals surface area contributed by atoms with E-state index >= 15 is 0 Å². The van der Waals surface area contributed by atoms with Gasteiger partial charge in [-0.25, -0.2) is 0 Å². The maximum atomic E-state index is 3.21. The largest absolute Gasteiger partial charge is 0.0976 e. The second-order valence-corrected chi connectivity index (χ2v) is 3.28. The third kappa shape index (κ3) is 2.37. The molecule has 1 aliphatic rings. The van der Waals surface area contributed by atoms with Gasteiger partial charge in [0.05, 0.1) is 5.92 Å². The summed E-state index contributed by atoms with van der Waals surface area (Å²) >= 11 is 0. The number of hydrogen-bond donors (Lipinski definition) is 0. The maximum Gasteiger partial charge on any atom is 0.0569 e. The summed E-state index contributed by atoms with van der Waals surface area (Å²) in [6, 6.07) is 10.3. The summed E-state index contributed by atoms with van der Waals surface area (Å²) in [5, 5.41) is 0. The highest BCUT2D eigenvalue weighted by Gasteiger charge is 1.96. The Morgan fingerprint density at radius 3 is 2.43 bits per heavy atom. The number of hydrogen-bond acceptors (Lipinski definition) is 0. The molecule has 0 unspecified atom stereocenters. The Hall–Kier alpha value is -1.74. The molecule has 0 spiro atoms. The molecule has 0 heterocycles. The first-order valence-corrected chi connectivity index (χ1v) is 4.82. The van der Waals surface area contributed by atoms with Gasteiger partial charge in [0.25, 0.3) is 0 Å². The molecule has 0 bridgehead atoms. The molecule has 1 aliphatic carbocycles. The van der Waals surface area contributed by atoms with Gasteiger partial charge in [-0.15, -0.1) is 0 Å². The van der Waals surface area contributed by atoms with E-state index in [0.717, 1.165) is 6.42 Å². The summed E-state index contributed by atoms with van der Waals surface area (Å²) in [6.07, 6.45) is 9.15. The second kappa shape index (κ2) is 4.48. The van der Waals surface area contributed by atoms with Crippen LogP contribution in [-0.2, 0) is 6.42 Å². The van der Waals surface area contributed by atoms with E-state index in [-0.39, 0.29) is 0 Å². The van der Waals surface area contributed by atoms with Crippen molar-refractivity contribution in [3.63, 3.8) is 0 Å². The minimum Gasteiger partial charge on any atom is -0.0976 e. The third-order valence-electron chi connectivity index (χ3n) is 2.15. The van der Waals surface area contributed by atoms with Crippen molar-refractivity contribution < 1.29 is 0 Å². The third-order valence-corrected chi connectivity index (χ3v) is 2.15. The Bertz CT molecular complexity index is 387. The molecule has 0 saturated heterocycles. The van der Waals surface area contributed by atoms with Crippen molar-refractivity contribution in [2.75, 3.05) is 0 Å². The molecule has 1 aromatic rings. The lowest BCUT2D eigenvalue weighted by Gasteiger charge is -1.93. The van der Waals surface area contributed by atoms with Crippen molar-refractivity contribution in [1.29, 1.82) is 0 Å².